The van der Waals surface area contributed by atoms with Crippen molar-refractivity contribution >= 4 is 5.82 Å². The van der Waals surface area contributed by atoms with Crippen LogP contribution in [-0.4, -0.2) is 49.2 Å². The summed E-state index contributed by atoms with van der Waals surface area (Å²) >= 11 is 0. The highest BCUT2D eigenvalue weighted by molar-refractivity contribution is 5.41. The maximum absolute atomic E-state index is 5.48. The van der Waals surface area contributed by atoms with Crippen LogP contribution in [0.25, 0.3) is 0 Å². The van der Waals surface area contributed by atoms with Gasteiger partial charge in [0.05, 0.1) is 12.3 Å². The van der Waals surface area contributed by atoms with Gasteiger partial charge in [-0.2, -0.15) is 0 Å². The standard InChI is InChI=1S/C19H26N4O/c1-22(2)11-15-6-4-5-7-16(15)12-23(3)19-10-18(20-14-21-19)17-8-9-24-13-17/h4-7,10,14,17H,8-9,11-13H2,1-3H3/t17-/m0/s1. The average Bonchev–Trinajstić information content (AvgIpc) is 3.11. The second-order valence-electron chi connectivity index (χ2n) is 6.72. The summed E-state index contributed by atoms with van der Waals surface area (Å²) in [6.45, 7) is 3.38. The van der Waals surface area contributed by atoms with Crippen LogP contribution >= 0.6 is 0 Å². The summed E-state index contributed by atoms with van der Waals surface area (Å²) in [6.07, 6.45) is 2.72. The van der Waals surface area contributed by atoms with E-state index in [1.807, 2.05) is 0 Å². The first kappa shape index (κ1) is 16.9. The Labute approximate surface area is 144 Å². The Hall–Kier alpha value is -1.98. The molecule has 128 valence electrons. The molecule has 5 heteroatoms. The van der Waals surface area contributed by atoms with Crippen LogP contribution in [-0.2, 0) is 17.8 Å². The van der Waals surface area contributed by atoms with Crippen molar-refractivity contribution in [1.29, 1.82) is 0 Å². The smallest absolute Gasteiger partial charge is 0.132 e. The van der Waals surface area contributed by atoms with Crippen LogP contribution in [0.15, 0.2) is 36.7 Å². The molecule has 1 atom stereocenters. The molecule has 1 aliphatic heterocycles. The molecule has 1 aromatic carbocycles. The molecule has 0 unspecified atom stereocenters. The fraction of sp³-hybridized carbons (Fsp3) is 0.474. The van der Waals surface area contributed by atoms with Crippen LogP contribution < -0.4 is 4.90 Å². The van der Waals surface area contributed by atoms with E-state index < -0.39 is 0 Å². The lowest BCUT2D eigenvalue weighted by molar-refractivity contribution is 0.193. The maximum Gasteiger partial charge on any atom is 0.132 e. The third-order valence-electron chi connectivity index (χ3n) is 4.43. The molecule has 3 rings (SSSR count). The zero-order valence-electron chi connectivity index (χ0n) is 14.8. The molecule has 0 saturated carbocycles. The summed E-state index contributed by atoms with van der Waals surface area (Å²) in [6, 6.07) is 10.7. The summed E-state index contributed by atoms with van der Waals surface area (Å²) in [7, 11) is 6.28. The van der Waals surface area contributed by atoms with Crippen molar-refractivity contribution in [2.75, 3.05) is 39.3 Å². The quantitative estimate of drug-likeness (QED) is 0.816. The van der Waals surface area contributed by atoms with E-state index in [9.17, 15) is 0 Å². The Morgan fingerprint density at radius 3 is 2.50 bits per heavy atom. The van der Waals surface area contributed by atoms with Gasteiger partial charge in [-0.1, -0.05) is 24.3 Å². The zero-order chi connectivity index (χ0) is 16.9. The Balaban J connectivity index is 1.75. The van der Waals surface area contributed by atoms with Crippen molar-refractivity contribution in [2.45, 2.75) is 25.4 Å². The zero-order valence-corrected chi connectivity index (χ0v) is 14.8. The summed E-state index contributed by atoms with van der Waals surface area (Å²) in [4.78, 5) is 13.3. The van der Waals surface area contributed by atoms with Gasteiger partial charge in [0.25, 0.3) is 0 Å². The predicted molar refractivity (Wildman–Crippen MR) is 96.1 cm³/mol. The molecule has 0 amide bonds. The second kappa shape index (κ2) is 7.73. The van der Waals surface area contributed by atoms with Crippen molar-refractivity contribution in [3.8, 4) is 0 Å². The van der Waals surface area contributed by atoms with Crippen LogP contribution in [0.4, 0.5) is 5.82 Å². The van der Waals surface area contributed by atoms with E-state index >= 15 is 0 Å². The first-order valence-corrected chi connectivity index (χ1v) is 8.46. The van der Waals surface area contributed by atoms with Gasteiger partial charge in [0, 0.05) is 38.7 Å². The highest BCUT2D eigenvalue weighted by atomic mass is 16.5. The molecule has 2 heterocycles. The first-order valence-electron chi connectivity index (χ1n) is 8.46. The summed E-state index contributed by atoms with van der Waals surface area (Å²) in [5.74, 6) is 1.37. The number of nitrogens with zero attached hydrogens (tertiary/aromatic N) is 4. The molecule has 5 nitrogen and oxygen atoms in total. The molecule has 1 saturated heterocycles. The lowest BCUT2D eigenvalue weighted by Gasteiger charge is -2.22. The minimum atomic E-state index is 0.404. The summed E-state index contributed by atoms with van der Waals surface area (Å²) in [5.41, 5.74) is 3.77. The van der Waals surface area contributed by atoms with E-state index in [2.05, 4.69) is 71.2 Å². The maximum atomic E-state index is 5.48. The SMILES string of the molecule is CN(C)Cc1ccccc1CN(C)c1cc([C@H]2CCOC2)ncn1. The van der Waals surface area contributed by atoms with E-state index in [1.54, 1.807) is 6.33 Å². The van der Waals surface area contributed by atoms with Crippen molar-refractivity contribution in [1.82, 2.24) is 14.9 Å². The highest BCUT2D eigenvalue weighted by Crippen LogP contribution is 2.25. The predicted octanol–water partition coefficient (Wildman–Crippen LogP) is 2.68. The molecule has 0 bridgehead atoms. The fourth-order valence-corrected chi connectivity index (χ4v) is 3.10. The monoisotopic (exact) mass is 326 g/mol. The van der Waals surface area contributed by atoms with Gasteiger partial charge in [0.2, 0.25) is 0 Å². The third kappa shape index (κ3) is 4.10. The van der Waals surface area contributed by atoms with Crippen LogP contribution in [0, 0.1) is 0 Å². The highest BCUT2D eigenvalue weighted by Gasteiger charge is 2.20. The molecule has 2 aromatic rings. The van der Waals surface area contributed by atoms with E-state index in [1.165, 1.54) is 11.1 Å². The molecule has 0 N–H and O–H groups in total. The molecular formula is C19H26N4O. The minimum absolute atomic E-state index is 0.404. The lowest BCUT2D eigenvalue weighted by atomic mass is 10.0. The number of benzene rings is 1. The number of hydrogen-bond acceptors (Lipinski definition) is 5. The van der Waals surface area contributed by atoms with Crippen molar-refractivity contribution in [3.05, 3.63) is 53.5 Å². The van der Waals surface area contributed by atoms with Crippen molar-refractivity contribution in [2.24, 2.45) is 0 Å². The molecule has 0 spiro atoms. The fourth-order valence-electron chi connectivity index (χ4n) is 3.10. The molecule has 1 fully saturated rings. The first-order chi connectivity index (χ1) is 11.6. The van der Waals surface area contributed by atoms with Crippen LogP contribution in [0.2, 0.25) is 0 Å². The number of ether oxygens (including phenoxy) is 1. The van der Waals surface area contributed by atoms with Gasteiger partial charge in [-0.15, -0.1) is 0 Å². The van der Waals surface area contributed by atoms with Gasteiger partial charge in [-0.25, -0.2) is 9.97 Å². The minimum Gasteiger partial charge on any atom is -0.381 e. The second-order valence-corrected chi connectivity index (χ2v) is 6.72. The van der Waals surface area contributed by atoms with Gasteiger partial charge in [0.1, 0.15) is 12.1 Å². The van der Waals surface area contributed by atoms with Crippen LogP contribution in [0.5, 0.6) is 0 Å². The number of aromatic nitrogens is 2. The van der Waals surface area contributed by atoms with Gasteiger partial charge < -0.3 is 14.5 Å². The Bertz CT molecular complexity index is 668. The van der Waals surface area contributed by atoms with Gasteiger partial charge in [-0.05, 0) is 31.6 Å². The Kier molecular flexibility index (Phi) is 5.43. The van der Waals surface area contributed by atoms with E-state index in [-0.39, 0.29) is 0 Å². The molecular weight excluding hydrogens is 300 g/mol. The number of hydrogen-bond donors (Lipinski definition) is 0. The van der Waals surface area contributed by atoms with Gasteiger partial charge in [0.15, 0.2) is 0 Å². The molecule has 0 aliphatic carbocycles. The molecule has 24 heavy (non-hydrogen) atoms. The topological polar surface area (TPSA) is 41.5 Å². The number of rotatable bonds is 6. The van der Waals surface area contributed by atoms with E-state index in [4.69, 9.17) is 4.74 Å². The van der Waals surface area contributed by atoms with Crippen molar-refractivity contribution < 1.29 is 4.74 Å². The Morgan fingerprint density at radius 1 is 1.08 bits per heavy atom. The lowest BCUT2D eigenvalue weighted by Crippen LogP contribution is -2.21. The third-order valence-corrected chi connectivity index (χ3v) is 4.43. The van der Waals surface area contributed by atoms with Crippen LogP contribution in [0.3, 0.4) is 0 Å². The molecule has 1 aromatic heterocycles. The summed E-state index contributed by atoms with van der Waals surface area (Å²) in [5, 5.41) is 0. The van der Waals surface area contributed by atoms with Gasteiger partial charge >= 0.3 is 0 Å². The van der Waals surface area contributed by atoms with Crippen LogP contribution in [0.1, 0.15) is 29.2 Å². The molecule has 0 radical (unpaired) electrons. The van der Waals surface area contributed by atoms with Gasteiger partial charge in [-0.3, -0.25) is 0 Å². The largest absolute Gasteiger partial charge is 0.381 e. The Morgan fingerprint density at radius 2 is 1.83 bits per heavy atom. The average molecular weight is 326 g/mol. The molecule has 1 aliphatic rings. The van der Waals surface area contributed by atoms with Crippen molar-refractivity contribution in [3.63, 3.8) is 0 Å². The van der Waals surface area contributed by atoms with E-state index in [0.717, 1.165) is 44.2 Å². The van der Waals surface area contributed by atoms with E-state index in [0.29, 0.717) is 5.92 Å². The summed E-state index contributed by atoms with van der Waals surface area (Å²) < 4.78 is 5.48. The normalized spacial score (nSPS) is 17.4. The number of anilines is 1.